The SMILES string of the molecule is NC(=O)c1ccc(NCc2cccc([N+](=O)[O-])c2F)cc1. The Hall–Kier alpha value is -2.96. The van der Waals surface area contributed by atoms with Crippen molar-refractivity contribution >= 4 is 17.3 Å². The quantitative estimate of drug-likeness (QED) is 0.652. The van der Waals surface area contributed by atoms with Gasteiger partial charge in [-0.3, -0.25) is 14.9 Å². The van der Waals surface area contributed by atoms with Gasteiger partial charge in [-0.05, 0) is 24.3 Å². The molecule has 0 saturated heterocycles. The minimum atomic E-state index is -0.858. The van der Waals surface area contributed by atoms with E-state index in [0.717, 1.165) is 6.07 Å². The van der Waals surface area contributed by atoms with E-state index in [1.807, 2.05) is 0 Å². The zero-order valence-electron chi connectivity index (χ0n) is 10.9. The molecule has 1 amide bonds. The molecule has 108 valence electrons. The molecule has 21 heavy (non-hydrogen) atoms. The lowest BCUT2D eigenvalue weighted by Gasteiger charge is -2.08. The summed E-state index contributed by atoms with van der Waals surface area (Å²) < 4.78 is 13.9. The molecular weight excluding hydrogens is 277 g/mol. The van der Waals surface area contributed by atoms with Crippen LogP contribution in [0.25, 0.3) is 0 Å². The monoisotopic (exact) mass is 289 g/mol. The predicted octanol–water partition coefficient (Wildman–Crippen LogP) is 2.44. The second-order valence-corrected chi connectivity index (χ2v) is 4.30. The molecule has 0 radical (unpaired) electrons. The van der Waals surface area contributed by atoms with E-state index in [1.54, 1.807) is 12.1 Å². The Bertz CT molecular complexity index is 686. The molecule has 0 aliphatic heterocycles. The number of nitrogens with one attached hydrogen (secondary N) is 1. The van der Waals surface area contributed by atoms with E-state index in [-0.39, 0.29) is 12.1 Å². The molecule has 7 heteroatoms. The first kappa shape index (κ1) is 14.4. The zero-order chi connectivity index (χ0) is 15.4. The molecule has 2 aromatic carbocycles. The molecule has 0 atom stereocenters. The number of nitro benzene ring substituents is 1. The second kappa shape index (κ2) is 6.00. The van der Waals surface area contributed by atoms with Crippen molar-refractivity contribution in [3.05, 3.63) is 69.5 Å². The van der Waals surface area contributed by atoms with Crippen molar-refractivity contribution < 1.29 is 14.1 Å². The Morgan fingerprint density at radius 3 is 2.48 bits per heavy atom. The topological polar surface area (TPSA) is 98.3 Å². The number of primary amides is 1. The van der Waals surface area contributed by atoms with Gasteiger partial charge in [0.05, 0.1) is 4.92 Å². The van der Waals surface area contributed by atoms with Gasteiger partial charge in [0.15, 0.2) is 0 Å². The average molecular weight is 289 g/mol. The first-order valence-corrected chi connectivity index (χ1v) is 6.04. The van der Waals surface area contributed by atoms with E-state index in [2.05, 4.69) is 5.32 Å². The number of anilines is 1. The van der Waals surface area contributed by atoms with Crippen molar-refractivity contribution in [2.75, 3.05) is 5.32 Å². The summed E-state index contributed by atoms with van der Waals surface area (Å²) in [6, 6.07) is 10.3. The Balaban J connectivity index is 2.11. The number of hydrogen-bond donors (Lipinski definition) is 2. The van der Waals surface area contributed by atoms with Crippen LogP contribution in [-0.4, -0.2) is 10.8 Å². The fourth-order valence-electron chi connectivity index (χ4n) is 1.79. The van der Waals surface area contributed by atoms with Gasteiger partial charge in [0.25, 0.3) is 0 Å². The van der Waals surface area contributed by atoms with Crippen molar-refractivity contribution in [3.8, 4) is 0 Å². The van der Waals surface area contributed by atoms with Crippen LogP contribution in [0.4, 0.5) is 15.8 Å². The van der Waals surface area contributed by atoms with Crippen molar-refractivity contribution in [2.45, 2.75) is 6.54 Å². The van der Waals surface area contributed by atoms with Crippen LogP contribution in [-0.2, 0) is 6.54 Å². The Morgan fingerprint density at radius 1 is 1.24 bits per heavy atom. The van der Waals surface area contributed by atoms with Gasteiger partial charge in [-0.15, -0.1) is 0 Å². The number of benzene rings is 2. The van der Waals surface area contributed by atoms with Gasteiger partial charge in [-0.1, -0.05) is 12.1 Å². The highest BCUT2D eigenvalue weighted by atomic mass is 19.1. The number of carbonyl (C=O) groups is 1. The standard InChI is InChI=1S/C14H12FN3O3/c15-13-10(2-1-3-12(13)18(20)21)8-17-11-6-4-9(5-7-11)14(16)19/h1-7,17H,8H2,(H2,16,19). The summed E-state index contributed by atoms with van der Waals surface area (Å²) in [4.78, 5) is 20.8. The predicted molar refractivity (Wildman–Crippen MR) is 75.3 cm³/mol. The number of nitrogens with two attached hydrogens (primary N) is 1. The summed E-state index contributed by atoms with van der Waals surface area (Å²) in [6.45, 7) is 0.0867. The van der Waals surface area contributed by atoms with E-state index in [1.165, 1.54) is 24.3 Å². The lowest BCUT2D eigenvalue weighted by Crippen LogP contribution is -2.10. The van der Waals surface area contributed by atoms with Crippen molar-refractivity contribution in [1.29, 1.82) is 0 Å². The number of halogens is 1. The van der Waals surface area contributed by atoms with Gasteiger partial charge < -0.3 is 11.1 Å². The van der Waals surface area contributed by atoms with Crippen LogP contribution in [0.5, 0.6) is 0 Å². The number of amides is 1. The van der Waals surface area contributed by atoms with Gasteiger partial charge in [0.1, 0.15) is 0 Å². The van der Waals surface area contributed by atoms with E-state index >= 15 is 0 Å². The van der Waals surface area contributed by atoms with E-state index < -0.39 is 22.3 Å². The summed E-state index contributed by atoms with van der Waals surface area (Å²) >= 11 is 0. The molecule has 0 aliphatic rings. The minimum Gasteiger partial charge on any atom is -0.381 e. The number of nitro groups is 1. The van der Waals surface area contributed by atoms with Crippen molar-refractivity contribution in [3.63, 3.8) is 0 Å². The molecule has 0 bridgehead atoms. The smallest absolute Gasteiger partial charge is 0.305 e. The highest BCUT2D eigenvalue weighted by Crippen LogP contribution is 2.21. The summed E-state index contributed by atoms with van der Waals surface area (Å²) in [5.41, 5.74) is 5.75. The first-order valence-electron chi connectivity index (χ1n) is 6.04. The summed E-state index contributed by atoms with van der Waals surface area (Å²) in [5.74, 6) is -1.39. The zero-order valence-corrected chi connectivity index (χ0v) is 10.9. The van der Waals surface area contributed by atoms with Crippen LogP contribution in [0.3, 0.4) is 0 Å². The molecular formula is C14H12FN3O3. The van der Waals surface area contributed by atoms with Crippen LogP contribution in [0, 0.1) is 15.9 Å². The van der Waals surface area contributed by atoms with Gasteiger partial charge in [0.2, 0.25) is 11.7 Å². The summed E-state index contributed by atoms with van der Waals surface area (Å²) in [6.07, 6.45) is 0. The van der Waals surface area contributed by atoms with Crippen LogP contribution in [0.2, 0.25) is 0 Å². The van der Waals surface area contributed by atoms with Gasteiger partial charge in [-0.2, -0.15) is 4.39 Å². The Labute approximate surface area is 119 Å². The third-order valence-corrected chi connectivity index (χ3v) is 2.91. The van der Waals surface area contributed by atoms with E-state index in [9.17, 15) is 19.3 Å². The molecule has 0 fully saturated rings. The maximum atomic E-state index is 13.9. The van der Waals surface area contributed by atoms with E-state index in [0.29, 0.717) is 11.3 Å². The molecule has 3 N–H and O–H groups in total. The molecule has 0 unspecified atom stereocenters. The second-order valence-electron chi connectivity index (χ2n) is 4.30. The minimum absolute atomic E-state index is 0.0867. The molecule has 0 spiro atoms. The summed E-state index contributed by atoms with van der Waals surface area (Å²) in [7, 11) is 0. The normalized spacial score (nSPS) is 10.1. The fourth-order valence-corrected chi connectivity index (χ4v) is 1.79. The lowest BCUT2D eigenvalue weighted by atomic mass is 10.1. The molecule has 0 saturated carbocycles. The molecule has 0 aromatic heterocycles. The van der Waals surface area contributed by atoms with Gasteiger partial charge in [0, 0.05) is 29.4 Å². The number of carbonyl (C=O) groups excluding carboxylic acids is 1. The molecule has 6 nitrogen and oxygen atoms in total. The summed E-state index contributed by atoms with van der Waals surface area (Å²) in [5, 5.41) is 13.6. The highest BCUT2D eigenvalue weighted by Gasteiger charge is 2.16. The van der Waals surface area contributed by atoms with Crippen molar-refractivity contribution in [1.82, 2.24) is 0 Å². The van der Waals surface area contributed by atoms with Crippen molar-refractivity contribution in [2.24, 2.45) is 5.73 Å². The first-order chi connectivity index (χ1) is 9.99. The maximum Gasteiger partial charge on any atom is 0.305 e. The third-order valence-electron chi connectivity index (χ3n) is 2.91. The Kier molecular flexibility index (Phi) is 4.13. The molecule has 0 aliphatic carbocycles. The van der Waals surface area contributed by atoms with Crippen LogP contribution >= 0.6 is 0 Å². The van der Waals surface area contributed by atoms with Crippen LogP contribution < -0.4 is 11.1 Å². The number of rotatable bonds is 5. The Morgan fingerprint density at radius 2 is 1.90 bits per heavy atom. The number of nitrogens with zero attached hydrogens (tertiary/aromatic N) is 1. The average Bonchev–Trinajstić information content (AvgIpc) is 2.46. The molecule has 0 heterocycles. The highest BCUT2D eigenvalue weighted by molar-refractivity contribution is 5.93. The lowest BCUT2D eigenvalue weighted by molar-refractivity contribution is -0.387. The van der Waals surface area contributed by atoms with E-state index in [4.69, 9.17) is 5.73 Å². The van der Waals surface area contributed by atoms with Gasteiger partial charge >= 0.3 is 5.69 Å². The van der Waals surface area contributed by atoms with Gasteiger partial charge in [-0.25, -0.2) is 0 Å². The largest absolute Gasteiger partial charge is 0.381 e. The molecule has 2 rings (SSSR count). The van der Waals surface area contributed by atoms with Crippen LogP contribution in [0.1, 0.15) is 15.9 Å². The maximum absolute atomic E-state index is 13.9. The third kappa shape index (κ3) is 3.33. The van der Waals surface area contributed by atoms with Crippen LogP contribution in [0.15, 0.2) is 42.5 Å². The molecule has 2 aromatic rings. The fraction of sp³-hybridized carbons (Fsp3) is 0.0714. The number of hydrogen-bond acceptors (Lipinski definition) is 4.